The van der Waals surface area contributed by atoms with Crippen LogP contribution in [0.2, 0.25) is 0 Å². The lowest BCUT2D eigenvalue weighted by Crippen LogP contribution is -2.40. The second-order valence-corrected chi connectivity index (χ2v) is 3.37. The Bertz CT molecular complexity index is 104. The van der Waals surface area contributed by atoms with Crippen LogP contribution in [0.5, 0.6) is 0 Å². The topological polar surface area (TPSA) is 23.5 Å². The van der Waals surface area contributed by atoms with Gasteiger partial charge in [0.1, 0.15) is 0 Å². The molecule has 2 nitrogen and oxygen atoms in total. The molecule has 0 unspecified atom stereocenters. The number of aliphatic hydroxyl groups is 1. The van der Waals surface area contributed by atoms with Crippen LogP contribution >= 0.6 is 13.5 Å². The van der Waals surface area contributed by atoms with Crippen LogP contribution in [0.4, 0.5) is 0 Å². The van der Waals surface area contributed by atoms with Crippen molar-refractivity contribution < 1.29 is 5.11 Å². The second kappa shape index (κ2) is 5.01. The Labute approximate surface area is 76.0 Å². The van der Waals surface area contributed by atoms with E-state index in [0.717, 1.165) is 12.6 Å². The zero-order valence-corrected chi connectivity index (χ0v) is 8.38. The third-order valence-corrected chi connectivity index (χ3v) is 2.25. The van der Waals surface area contributed by atoms with Gasteiger partial charge in [0.15, 0.2) is 0 Å². The van der Waals surface area contributed by atoms with E-state index in [9.17, 15) is 0 Å². The summed E-state index contributed by atoms with van der Waals surface area (Å²) in [6, 6.07) is 0.759. The minimum atomic E-state index is -0.175. The molecule has 1 fully saturated rings. The van der Waals surface area contributed by atoms with Crippen LogP contribution in [0.3, 0.4) is 0 Å². The first-order valence-corrected chi connectivity index (χ1v) is 4.08. The SMILES string of the molecule is C[C@H](O)CN(C)C1CCC1.S. The third-order valence-electron chi connectivity index (χ3n) is 2.25. The van der Waals surface area contributed by atoms with Crippen LogP contribution < -0.4 is 0 Å². The molecule has 3 heteroatoms. The molecule has 0 aliphatic heterocycles. The predicted molar refractivity (Wildman–Crippen MR) is 52.3 cm³/mol. The number of nitrogens with zero attached hydrogens (tertiary/aromatic N) is 1. The highest BCUT2D eigenvalue weighted by molar-refractivity contribution is 7.59. The monoisotopic (exact) mass is 177 g/mol. The molecule has 0 saturated heterocycles. The molecule has 0 amide bonds. The lowest BCUT2D eigenvalue weighted by molar-refractivity contribution is 0.0874. The molecular formula is C8H19NOS. The van der Waals surface area contributed by atoms with Crippen LogP contribution in [0.25, 0.3) is 0 Å². The van der Waals surface area contributed by atoms with Crippen molar-refractivity contribution in [2.24, 2.45) is 0 Å². The molecule has 11 heavy (non-hydrogen) atoms. The van der Waals surface area contributed by atoms with Crippen LogP contribution in [0, 0.1) is 0 Å². The molecule has 0 radical (unpaired) electrons. The molecule has 1 aliphatic carbocycles. The minimum absolute atomic E-state index is 0. The van der Waals surface area contributed by atoms with Gasteiger partial charge in [0.25, 0.3) is 0 Å². The summed E-state index contributed by atoms with van der Waals surface area (Å²) in [4.78, 5) is 2.26. The normalized spacial score (nSPS) is 20.7. The van der Waals surface area contributed by atoms with E-state index in [-0.39, 0.29) is 19.6 Å². The smallest absolute Gasteiger partial charge is 0.0639 e. The van der Waals surface area contributed by atoms with E-state index in [1.807, 2.05) is 6.92 Å². The Morgan fingerprint density at radius 3 is 2.36 bits per heavy atom. The summed E-state index contributed by atoms with van der Waals surface area (Å²) >= 11 is 0. The highest BCUT2D eigenvalue weighted by Gasteiger charge is 2.22. The Morgan fingerprint density at radius 1 is 1.55 bits per heavy atom. The van der Waals surface area contributed by atoms with E-state index >= 15 is 0 Å². The Kier molecular flexibility index (Phi) is 5.13. The van der Waals surface area contributed by atoms with Gasteiger partial charge in [-0.1, -0.05) is 6.42 Å². The molecule has 1 saturated carbocycles. The van der Waals surface area contributed by atoms with E-state index in [1.54, 1.807) is 0 Å². The van der Waals surface area contributed by atoms with Crippen LogP contribution in [-0.2, 0) is 0 Å². The van der Waals surface area contributed by atoms with Crippen molar-refractivity contribution in [2.45, 2.75) is 38.3 Å². The van der Waals surface area contributed by atoms with Gasteiger partial charge in [-0.15, -0.1) is 0 Å². The summed E-state index contributed by atoms with van der Waals surface area (Å²) in [5.74, 6) is 0. The molecule has 0 aromatic carbocycles. The maximum Gasteiger partial charge on any atom is 0.0639 e. The second-order valence-electron chi connectivity index (χ2n) is 3.37. The van der Waals surface area contributed by atoms with Crippen molar-refractivity contribution in [1.82, 2.24) is 4.90 Å². The Morgan fingerprint density at radius 2 is 2.09 bits per heavy atom. The summed E-state index contributed by atoms with van der Waals surface area (Å²) in [6.07, 6.45) is 3.84. The number of hydrogen-bond acceptors (Lipinski definition) is 2. The van der Waals surface area contributed by atoms with Crippen molar-refractivity contribution in [2.75, 3.05) is 13.6 Å². The summed E-state index contributed by atoms with van der Waals surface area (Å²) in [5.41, 5.74) is 0. The molecule has 0 heterocycles. The lowest BCUT2D eigenvalue weighted by atomic mass is 9.92. The summed E-state index contributed by atoms with van der Waals surface area (Å²) in [7, 11) is 2.09. The molecule has 0 spiro atoms. The van der Waals surface area contributed by atoms with E-state index in [4.69, 9.17) is 5.11 Å². The highest BCUT2D eigenvalue weighted by Crippen LogP contribution is 2.23. The molecular weight excluding hydrogens is 158 g/mol. The first kappa shape index (κ1) is 11.3. The van der Waals surface area contributed by atoms with Gasteiger partial charge in [-0.2, -0.15) is 13.5 Å². The van der Waals surface area contributed by atoms with Crippen molar-refractivity contribution in [3.05, 3.63) is 0 Å². The largest absolute Gasteiger partial charge is 0.392 e. The maximum atomic E-state index is 9.05. The number of hydrogen-bond donors (Lipinski definition) is 1. The van der Waals surface area contributed by atoms with Gasteiger partial charge >= 0.3 is 0 Å². The fourth-order valence-electron chi connectivity index (χ4n) is 1.39. The predicted octanol–water partition coefficient (Wildman–Crippen LogP) is 0.964. The van der Waals surface area contributed by atoms with Gasteiger partial charge in [0, 0.05) is 12.6 Å². The average Bonchev–Trinajstić information content (AvgIpc) is 1.55. The standard InChI is InChI=1S/C8H17NO.H2S/c1-7(10)6-9(2)8-4-3-5-8;/h7-8,10H,3-6H2,1-2H3;1H2/t7-;/m0./s1. The van der Waals surface area contributed by atoms with Crippen molar-refractivity contribution in [3.63, 3.8) is 0 Å². The average molecular weight is 177 g/mol. The van der Waals surface area contributed by atoms with Crippen LogP contribution in [0.15, 0.2) is 0 Å². The Hall–Kier alpha value is 0.270. The fourth-order valence-corrected chi connectivity index (χ4v) is 1.39. The molecule has 0 aromatic rings. The van der Waals surface area contributed by atoms with Gasteiger partial charge in [-0.3, -0.25) is 0 Å². The minimum Gasteiger partial charge on any atom is -0.392 e. The van der Waals surface area contributed by atoms with Crippen molar-refractivity contribution >= 4 is 13.5 Å². The zero-order valence-electron chi connectivity index (χ0n) is 7.38. The molecule has 1 aliphatic rings. The summed E-state index contributed by atoms with van der Waals surface area (Å²) in [6.45, 7) is 2.67. The molecule has 0 aromatic heterocycles. The number of likely N-dealkylation sites (N-methyl/N-ethyl adjacent to an activating group) is 1. The first-order valence-electron chi connectivity index (χ1n) is 4.08. The Balaban J connectivity index is 0.000001000. The van der Waals surface area contributed by atoms with Crippen LogP contribution in [0.1, 0.15) is 26.2 Å². The van der Waals surface area contributed by atoms with E-state index in [2.05, 4.69) is 11.9 Å². The van der Waals surface area contributed by atoms with Gasteiger partial charge in [-0.25, -0.2) is 0 Å². The number of rotatable bonds is 3. The van der Waals surface area contributed by atoms with Gasteiger partial charge in [-0.05, 0) is 26.8 Å². The maximum absolute atomic E-state index is 9.05. The summed E-state index contributed by atoms with van der Waals surface area (Å²) in [5, 5.41) is 9.05. The van der Waals surface area contributed by atoms with Gasteiger partial charge < -0.3 is 10.0 Å². The number of aliphatic hydroxyl groups excluding tert-OH is 1. The molecule has 0 bridgehead atoms. The van der Waals surface area contributed by atoms with Gasteiger partial charge in [0.05, 0.1) is 6.10 Å². The van der Waals surface area contributed by atoms with E-state index < -0.39 is 0 Å². The van der Waals surface area contributed by atoms with Crippen LogP contribution in [-0.4, -0.2) is 35.7 Å². The quantitative estimate of drug-likeness (QED) is 0.694. The van der Waals surface area contributed by atoms with Gasteiger partial charge in [0.2, 0.25) is 0 Å². The molecule has 68 valence electrons. The molecule has 1 rings (SSSR count). The van der Waals surface area contributed by atoms with E-state index in [1.165, 1.54) is 19.3 Å². The third kappa shape index (κ3) is 3.45. The molecule has 1 atom stereocenters. The zero-order chi connectivity index (χ0) is 7.56. The lowest BCUT2D eigenvalue weighted by Gasteiger charge is -2.35. The first-order chi connectivity index (χ1) is 4.70. The fraction of sp³-hybridized carbons (Fsp3) is 1.00. The molecule has 1 N–H and O–H groups in total. The highest BCUT2D eigenvalue weighted by atomic mass is 32.1. The van der Waals surface area contributed by atoms with E-state index in [0.29, 0.717) is 0 Å². The summed E-state index contributed by atoms with van der Waals surface area (Å²) < 4.78 is 0. The van der Waals surface area contributed by atoms with Crippen molar-refractivity contribution in [3.8, 4) is 0 Å². The van der Waals surface area contributed by atoms with Crippen molar-refractivity contribution in [1.29, 1.82) is 0 Å².